The second kappa shape index (κ2) is 6.18. The zero-order chi connectivity index (χ0) is 18.3. The summed E-state index contributed by atoms with van der Waals surface area (Å²) in [5.74, 6) is -0.929. The average molecular weight is 353 g/mol. The van der Waals surface area contributed by atoms with Gasteiger partial charge in [-0.1, -0.05) is 0 Å². The fourth-order valence-corrected chi connectivity index (χ4v) is 3.64. The van der Waals surface area contributed by atoms with E-state index in [0.29, 0.717) is 11.3 Å². The van der Waals surface area contributed by atoms with Gasteiger partial charge in [-0.15, -0.1) is 0 Å². The van der Waals surface area contributed by atoms with Crippen molar-refractivity contribution in [3.8, 4) is 0 Å². The van der Waals surface area contributed by atoms with Crippen LogP contribution in [0.15, 0.2) is 23.1 Å². The number of carbonyl (C=O) groups excluding carboxylic acids is 2. The summed E-state index contributed by atoms with van der Waals surface area (Å²) in [5.41, 5.74) is 0.838. The zero-order valence-corrected chi connectivity index (χ0v) is 15.3. The maximum absolute atomic E-state index is 12.7. The minimum atomic E-state index is -3.82. The van der Waals surface area contributed by atoms with Crippen LogP contribution >= 0.6 is 0 Å². The minimum Gasteiger partial charge on any atom is -0.350 e. The van der Waals surface area contributed by atoms with Gasteiger partial charge in [-0.3, -0.25) is 9.59 Å². The predicted molar refractivity (Wildman–Crippen MR) is 91.2 cm³/mol. The molecule has 1 aromatic rings. The number of hydrogen-bond donors (Lipinski definition) is 2. The molecule has 1 heterocycles. The number of nitrogens with zero attached hydrogens (tertiary/aromatic N) is 1. The molecule has 0 radical (unpaired) electrons. The van der Waals surface area contributed by atoms with Crippen molar-refractivity contribution < 1.29 is 18.0 Å². The molecule has 1 aliphatic rings. The molecule has 2 amide bonds. The molecule has 8 heteroatoms. The molecular formula is C16H23N3O4S. The van der Waals surface area contributed by atoms with Crippen LogP contribution in [0.25, 0.3) is 0 Å². The monoisotopic (exact) mass is 353 g/mol. The van der Waals surface area contributed by atoms with Crippen LogP contribution in [0.3, 0.4) is 0 Å². The lowest BCUT2D eigenvalue weighted by atomic mass is 10.0. The normalized spacial score (nSPS) is 17.6. The van der Waals surface area contributed by atoms with Crippen LogP contribution < -0.4 is 10.6 Å². The molecule has 0 saturated carbocycles. The SMILES string of the molecule is C[C@H]1C(=O)Nc2ccc(S(=O)(=O)N(C)CC(=O)NC(C)(C)C)cc21. The van der Waals surface area contributed by atoms with E-state index in [2.05, 4.69) is 10.6 Å². The lowest BCUT2D eigenvalue weighted by molar-refractivity contribution is -0.122. The lowest BCUT2D eigenvalue weighted by Crippen LogP contribution is -2.46. The number of rotatable bonds is 4. The summed E-state index contributed by atoms with van der Waals surface area (Å²) in [6, 6.07) is 4.50. The first-order valence-corrected chi connectivity index (χ1v) is 9.08. The van der Waals surface area contributed by atoms with Crippen molar-refractivity contribution in [2.24, 2.45) is 0 Å². The summed E-state index contributed by atoms with van der Waals surface area (Å²) in [6.07, 6.45) is 0. The van der Waals surface area contributed by atoms with Gasteiger partial charge in [-0.2, -0.15) is 4.31 Å². The second-order valence-corrected chi connectivity index (χ2v) is 9.06. The number of amides is 2. The van der Waals surface area contributed by atoms with E-state index in [0.717, 1.165) is 4.31 Å². The largest absolute Gasteiger partial charge is 0.350 e. The second-order valence-electron chi connectivity index (χ2n) is 7.02. The third-order valence-electron chi connectivity index (χ3n) is 3.73. The highest BCUT2D eigenvalue weighted by Gasteiger charge is 2.30. The van der Waals surface area contributed by atoms with Crippen LogP contribution in [0.1, 0.15) is 39.2 Å². The maximum Gasteiger partial charge on any atom is 0.243 e. The quantitative estimate of drug-likeness (QED) is 0.852. The summed E-state index contributed by atoms with van der Waals surface area (Å²) in [6.45, 7) is 6.92. The third-order valence-corrected chi connectivity index (χ3v) is 5.53. The van der Waals surface area contributed by atoms with Crippen LogP contribution in [-0.2, 0) is 19.6 Å². The Kier molecular flexibility index (Phi) is 4.74. The fraction of sp³-hybridized carbons (Fsp3) is 0.500. The molecule has 1 aliphatic heterocycles. The van der Waals surface area contributed by atoms with Gasteiger partial charge in [0.15, 0.2) is 0 Å². The Morgan fingerprint density at radius 1 is 1.33 bits per heavy atom. The van der Waals surface area contributed by atoms with Gasteiger partial charge >= 0.3 is 0 Å². The summed E-state index contributed by atoms with van der Waals surface area (Å²) >= 11 is 0. The van der Waals surface area contributed by atoms with Crippen LogP contribution in [0, 0.1) is 0 Å². The van der Waals surface area contributed by atoms with Gasteiger partial charge in [0.25, 0.3) is 0 Å². The zero-order valence-electron chi connectivity index (χ0n) is 14.5. The predicted octanol–water partition coefficient (Wildman–Crippen LogP) is 1.28. The Labute approximate surface area is 142 Å². The highest BCUT2D eigenvalue weighted by molar-refractivity contribution is 7.89. The van der Waals surface area contributed by atoms with Gasteiger partial charge in [0, 0.05) is 18.3 Å². The molecule has 2 N–H and O–H groups in total. The first-order chi connectivity index (χ1) is 10.9. The van der Waals surface area contributed by atoms with Crippen molar-refractivity contribution >= 4 is 27.5 Å². The van der Waals surface area contributed by atoms with E-state index in [1.807, 2.05) is 20.8 Å². The van der Waals surface area contributed by atoms with Crippen molar-refractivity contribution in [2.45, 2.75) is 44.0 Å². The molecule has 1 aromatic carbocycles. The van der Waals surface area contributed by atoms with Gasteiger partial charge in [-0.25, -0.2) is 8.42 Å². The van der Waals surface area contributed by atoms with Crippen LogP contribution in [0.2, 0.25) is 0 Å². The first kappa shape index (κ1) is 18.4. The number of carbonyl (C=O) groups is 2. The molecule has 0 fully saturated rings. The Hall–Kier alpha value is -1.93. The van der Waals surface area contributed by atoms with Gasteiger partial charge in [-0.05, 0) is 51.5 Å². The number of anilines is 1. The summed E-state index contributed by atoms with van der Waals surface area (Å²) in [4.78, 5) is 23.7. The number of hydrogen-bond acceptors (Lipinski definition) is 4. The van der Waals surface area contributed by atoms with E-state index in [-0.39, 0.29) is 23.3 Å². The van der Waals surface area contributed by atoms with Gasteiger partial charge in [0.1, 0.15) is 0 Å². The maximum atomic E-state index is 12.7. The average Bonchev–Trinajstić information content (AvgIpc) is 2.71. The smallest absolute Gasteiger partial charge is 0.243 e. The third kappa shape index (κ3) is 3.76. The number of fused-ring (bicyclic) bond motifs is 1. The van der Waals surface area contributed by atoms with Gasteiger partial charge in [0.05, 0.1) is 17.4 Å². The Morgan fingerprint density at radius 2 is 1.96 bits per heavy atom. The number of benzene rings is 1. The molecule has 0 saturated heterocycles. The van der Waals surface area contributed by atoms with E-state index < -0.39 is 21.5 Å². The van der Waals surface area contributed by atoms with Gasteiger partial charge < -0.3 is 10.6 Å². The molecule has 7 nitrogen and oxygen atoms in total. The van der Waals surface area contributed by atoms with E-state index in [1.54, 1.807) is 13.0 Å². The molecule has 0 bridgehead atoms. The minimum absolute atomic E-state index is 0.0654. The van der Waals surface area contributed by atoms with Crippen LogP contribution in [-0.4, -0.2) is 43.7 Å². The van der Waals surface area contributed by atoms with Crippen molar-refractivity contribution in [3.05, 3.63) is 23.8 Å². The topological polar surface area (TPSA) is 95.6 Å². The lowest BCUT2D eigenvalue weighted by Gasteiger charge is -2.23. The fourth-order valence-electron chi connectivity index (χ4n) is 2.48. The van der Waals surface area contributed by atoms with Crippen molar-refractivity contribution in [1.82, 2.24) is 9.62 Å². The van der Waals surface area contributed by atoms with Crippen LogP contribution in [0.5, 0.6) is 0 Å². The molecule has 1 atom stereocenters. The standard InChI is InChI=1S/C16H23N3O4S/c1-10-12-8-11(6-7-13(12)17-15(10)21)24(22,23)19(5)9-14(20)18-16(2,3)4/h6-8,10H,9H2,1-5H3,(H,17,21)(H,18,20)/t10-/m1/s1. The van der Waals surface area contributed by atoms with Crippen LogP contribution in [0.4, 0.5) is 5.69 Å². The molecule has 0 aliphatic carbocycles. The Bertz CT molecular complexity index is 781. The Balaban J connectivity index is 2.22. The molecule has 132 valence electrons. The highest BCUT2D eigenvalue weighted by Crippen LogP contribution is 2.34. The summed E-state index contributed by atoms with van der Waals surface area (Å²) in [5, 5.41) is 5.43. The molecule has 24 heavy (non-hydrogen) atoms. The van der Waals surface area contributed by atoms with Crippen molar-refractivity contribution in [3.63, 3.8) is 0 Å². The Morgan fingerprint density at radius 3 is 2.54 bits per heavy atom. The van der Waals surface area contributed by atoms with Gasteiger partial charge in [0.2, 0.25) is 21.8 Å². The summed E-state index contributed by atoms with van der Waals surface area (Å²) in [7, 11) is -2.46. The van der Waals surface area contributed by atoms with E-state index >= 15 is 0 Å². The number of sulfonamides is 1. The number of likely N-dealkylation sites (N-methyl/N-ethyl adjacent to an activating group) is 1. The molecule has 2 rings (SSSR count). The van der Waals surface area contributed by atoms with Crippen molar-refractivity contribution in [1.29, 1.82) is 0 Å². The van der Waals surface area contributed by atoms with E-state index in [4.69, 9.17) is 0 Å². The number of nitrogens with one attached hydrogen (secondary N) is 2. The molecule has 0 spiro atoms. The van der Waals surface area contributed by atoms with Crippen molar-refractivity contribution in [2.75, 3.05) is 18.9 Å². The molecule has 0 aromatic heterocycles. The van der Waals surface area contributed by atoms with E-state index in [1.165, 1.54) is 19.2 Å². The first-order valence-electron chi connectivity index (χ1n) is 7.64. The van der Waals surface area contributed by atoms with E-state index in [9.17, 15) is 18.0 Å². The molecule has 0 unspecified atom stereocenters. The summed E-state index contributed by atoms with van der Waals surface area (Å²) < 4.78 is 26.3. The highest BCUT2D eigenvalue weighted by atomic mass is 32.2. The molecular weight excluding hydrogens is 330 g/mol.